The number of amidine groups is 1. The van der Waals surface area contributed by atoms with Gasteiger partial charge in [0, 0.05) is 13.1 Å². The van der Waals surface area contributed by atoms with Gasteiger partial charge in [-0.05, 0) is 40.6 Å². The number of hydrogen-bond acceptors (Lipinski definition) is 4. The van der Waals surface area contributed by atoms with Crippen LogP contribution >= 0.6 is 11.8 Å². The van der Waals surface area contributed by atoms with Crippen LogP contribution < -0.4 is 0 Å². The molecule has 2 aromatic rings. The lowest BCUT2D eigenvalue weighted by Gasteiger charge is -2.27. The van der Waals surface area contributed by atoms with E-state index >= 15 is 0 Å². The number of amides is 1. The number of ether oxygens (including phenoxy) is 1. The second kappa shape index (κ2) is 8.37. The van der Waals surface area contributed by atoms with Crippen molar-refractivity contribution in [2.75, 3.05) is 26.3 Å². The van der Waals surface area contributed by atoms with Crippen molar-refractivity contribution in [3.8, 4) is 0 Å². The highest BCUT2D eigenvalue weighted by atomic mass is 32.2. The van der Waals surface area contributed by atoms with Gasteiger partial charge in [0.2, 0.25) is 0 Å². The summed E-state index contributed by atoms with van der Waals surface area (Å²) in [4.78, 5) is 19.5. The van der Waals surface area contributed by atoms with Gasteiger partial charge in [-0.2, -0.15) is 4.99 Å². The van der Waals surface area contributed by atoms with E-state index in [-0.39, 0.29) is 5.91 Å². The molecule has 5 heteroatoms. The van der Waals surface area contributed by atoms with E-state index in [9.17, 15) is 4.79 Å². The maximum absolute atomic E-state index is 12.5. The highest BCUT2D eigenvalue weighted by molar-refractivity contribution is 8.18. The summed E-state index contributed by atoms with van der Waals surface area (Å²) in [6.45, 7) is 2.90. The molecule has 27 heavy (non-hydrogen) atoms. The number of benzene rings is 2. The molecule has 0 radical (unpaired) electrons. The Labute approximate surface area is 163 Å². The van der Waals surface area contributed by atoms with Crippen molar-refractivity contribution in [2.24, 2.45) is 4.99 Å². The van der Waals surface area contributed by atoms with Crippen LogP contribution in [0.15, 0.2) is 76.6 Å². The molecule has 0 unspecified atom stereocenters. The average molecular weight is 376 g/mol. The molecule has 2 aliphatic heterocycles. The van der Waals surface area contributed by atoms with E-state index in [0.29, 0.717) is 18.1 Å². The molecule has 4 rings (SSSR count). The second-order valence-electron chi connectivity index (χ2n) is 6.29. The Morgan fingerprint density at radius 3 is 2.37 bits per heavy atom. The summed E-state index contributed by atoms with van der Waals surface area (Å²) in [6.07, 6.45) is 4.05. The molecule has 2 aliphatic rings. The predicted octanol–water partition coefficient (Wildman–Crippen LogP) is 4.07. The average Bonchev–Trinajstić information content (AvgIpc) is 3.10. The van der Waals surface area contributed by atoms with Gasteiger partial charge in [-0.25, -0.2) is 0 Å². The SMILES string of the molecule is O=C1N=C(N2CCOCC2)S/C1=C/C(=C/c1ccccc1)c1ccccc1. The van der Waals surface area contributed by atoms with Crippen molar-refractivity contribution in [1.29, 1.82) is 0 Å². The summed E-state index contributed by atoms with van der Waals surface area (Å²) < 4.78 is 5.39. The summed E-state index contributed by atoms with van der Waals surface area (Å²) in [5.41, 5.74) is 3.16. The maximum Gasteiger partial charge on any atom is 0.286 e. The first kappa shape index (κ1) is 17.8. The van der Waals surface area contributed by atoms with Gasteiger partial charge in [-0.1, -0.05) is 60.7 Å². The van der Waals surface area contributed by atoms with Crippen LogP contribution in [0.2, 0.25) is 0 Å². The minimum Gasteiger partial charge on any atom is -0.378 e. The van der Waals surface area contributed by atoms with E-state index in [1.165, 1.54) is 11.8 Å². The van der Waals surface area contributed by atoms with Crippen molar-refractivity contribution in [3.05, 3.63) is 82.8 Å². The lowest BCUT2D eigenvalue weighted by Crippen LogP contribution is -2.38. The summed E-state index contributed by atoms with van der Waals surface area (Å²) in [5.74, 6) is -0.170. The summed E-state index contributed by atoms with van der Waals surface area (Å²) in [6, 6.07) is 20.2. The summed E-state index contributed by atoms with van der Waals surface area (Å²) >= 11 is 1.45. The van der Waals surface area contributed by atoms with Gasteiger partial charge in [0.05, 0.1) is 18.1 Å². The lowest BCUT2D eigenvalue weighted by molar-refractivity contribution is -0.113. The van der Waals surface area contributed by atoms with Gasteiger partial charge in [-0.3, -0.25) is 4.79 Å². The lowest BCUT2D eigenvalue weighted by atomic mass is 10.0. The normalized spacial score (nSPS) is 19.5. The van der Waals surface area contributed by atoms with Crippen LogP contribution in [0.4, 0.5) is 0 Å². The third-order valence-electron chi connectivity index (χ3n) is 4.41. The van der Waals surface area contributed by atoms with E-state index in [2.05, 4.69) is 40.2 Å². The van der Waals surface area contributed by atoms with Crippen molar-refractivity contribution in [2.45, 2.75) is 0 Å². The zero-order valence-electron chi connectivity index (χ0n) is 14.9. The molecule has 0 saturated carbocycles. The van der Waals surface area contributed by atoms with E-state index in [1.807, 2.05) is 42.5 Å². The van der Waals surface area contributed by atoms with Gasteiger partial charge in [0.1, 0.15) is 0 Å². The summed E-state index contributed by atoms with van der Waals surface area (Å²) in [5, 5.41) is 0.779. The van der Waals surface area contributed by atoms with Crippen LogP contribution in [0.3, 0.4) is 0 Å². The minimum atomic E-state index is -0.170. The molecule has 2 heterocycles. The zero-order chi connectivity index (χ0) is 18.5. The standard InChI is InChI=1S/C22H20N2O2S/c25-21-20(27-22(23-21)24-11-13-26-14-12-24)16-19(18-9-5-2-6-10-18)15-17-7-3-1-4-8-17/h1-10,15-16H,11-14H2/b19-15-,20-16+. The van der Waals surface area contributed by atoms with Crippen LogP contribution in [-0.2, 0) is 9.53 Å². The number of thioether (sulfide) groups is 1. The molecule has 1 saturated heterocycles. The number of rotatable bonds is 3. The Morgan fingerprint density at radius 2 is 1.67 bits per heavy atom. The van der Waals surface area contributed by atoms with E-state index in [0.717, 1.165) is 35.0 Å². The van der Waals surface area contributed by atoms with E-state index in [1.54, 1.807) is 0 Å². The molecule has 2 aromatic carbocycles. The van der Waals surface area contributed by atoms with Gasteiger partial charge in [-0.15, -0.1) is 0 Å². The van der Waals surface area contributed by atoms with Crippen LogP contribution in [0.1, 0.15) is 11.1 Å². The Hall–Kier alpha value is -2.63. The fraction of sp³-hybridized carbons (Fsp3) is 0.182. The van der Waals surface area contributed by atoms with Crippen LogP contribution in [0, 0.1) is 0 Å². The quantitative estimate of drug-likeness (QED) is 0.598. The van der Waals surface area contributed by atoms with Gasteiger partial charge in [0.15, 0.2) is 5.17 Å². The smallest absolute Gasteiger partial charge is 0.286 e. The maximum atomic E-state index is 12.5. The van der Waals surface area contributed by atoms with Crippen LogP contribution in [-0.4, -0.2) is 42.3 Å². The fourth-order valence-corrected chi connectivity index (χ4v) is 3.95. The van der Waals surface area contributed by atoms with Crippen molar-refractivity contribution < 1.29 is 9.53 Å². The summed E-state index contributed by atoms with van der Waals surface area (Å²) in [7, 11) is 0. The van der Waals surface area contributed by atoms with Crippen molar-refractivity contribution in [1.82, 2.24) is 4.90 Å². The molecule has 1 fully saturated rings. The van der Waals surface area contributed by atoms with Gasteiger partial charge >= 0.3 is 0 Å². The van der Waals surface area contributed by atoms with E-state index in [4.69, 9.17) is 4.74 Å². The number of nitrogens with zero attached hydrogens (tertiary/aromatic N) is 2. The molecule has 136 valence electrons. The highest BCUT2D eigenvalue weighted by Crippen LogP contribution is 2.32. The molecule has 0 spiro atoms. The Bertz CT molecular complexity index is 898. The third kappa shape index (κ3) is 4.38. The molecule has 0 N–H and O–H groups in total. The number of allylic oxidation sites excluding steroid dienone is 2. The monoisotopic (exact) mass is 376 g/mol. The number of carbonyl (C=O) groups is 1. The Morgan fingerprint density at radius 1 is 1.00 bits per heavy atom. The highest BCUT2D eigenvalue weighted by Gasteiger charge is 2.27. The first-order valence-electron chi connectivity index (χ1n) is 8.97. The van der Waals surface area contributed by atoms with Gasteiger partial charge < -0.3 is 9.64 Å². The molecule has 4 nitrogen and oxygen atoms in total. The molecular weight excluding hydrogens is 356 g/mol. The molecular formula is C22H20N2O2S. The number of aliphatic imine (C=N–C) groups is 1. The molecule has 0 atom stereocenters. The van der Waals surface area contributed by atoms with Gasteiger partial charge in [0.25, 0.3) is 5.91 Å². The minimum absolute atomic E-state index is 0.170. The number of hydrogen-bond donors (Lipinski definition) is 0. The largest absolute Gasteiger partial charge is 0.378 e. The fourth-order valence-electron chi connectivity index (χ4n) is 3.00. The first-order chi connectivity index (χ1) is 13.3. The first-order valence-corrected chi connectivity index (χ1v) is 9.79. The number of carbonyl (C=O) groups excluding carboxylic acids is 1. The Kier molecular flexibility index (Phi) is 5.51. The van der Waals surface area contributed by atoms with Crippen LogP contribution in [0.5, 0.6) is 0 Å². The van der Waals surface area contributed by atoms with Crippen LogP contribution in [0.25, 0.3) is 11.6 Å². The second-order valence-corrected chi connectivity index (χ2v) is 7.30. The molecule has 0 bridgehead atoms. The third-order valence-corrected chi connectivity index (χ3v) is 5.45. The number of morpholine rings is 1. The predicted molar refractivity (Wildman–Crippen MR) is 111 cm³/mol. The molecule has 1 amide bonds. The van der Waals surface area contributed by atoms with E-state index < -0.39 is 0 Å². The Balaban J connectivity index is 1.64. The van der Waals surface area contributed by atoms with Crippen molar-refractivity contribution >= 4 is 34.5 Å². The zero-order valence-corrected chi connectivity index (χ0v) is 15.7. The molecule has 0 aliphatic carbocycles. The molecule has 0 aromatic heterocycles. The van der Waals surface area contributed by atoms with Crippen molar-refractivity contribution in [3.63, 3.8) is 0 Å². The topological polar surface area (TPSA) is 41.9 Å².